The maximum Gasteiger partial charge on any atom is 0.220 e. The fourth-order valence-corrected chi connectivity index (χ4v) is 4.87. The van der Waals surface area contributed by atoms with E-state index in [1.807, 2.05) is 32.0 Å². The minimum atomic E-state index is -3.42. The smallest absolute Gasteiger partial charge is 0.220 e. The Balaban J connectivity index is 1.55. The maximum absolute atomic E-state index is 12.6. The molecule has 1 aliphatic heterocycles. The lowest BCUT2D eigenvalue weighted by molar-refractivity contribution is 0.260. The van der Waals surface area contributed by atoms with Crippen LogP contribution in [0, 0.1) is 0 Å². The Morgan fingerprint density at radius 1 is 1.23 bits per heavy atom. The molecule has 0 spiro atoms. The molecule has 1 N–H and O–H groups in total. The first kappa shape index (κ1) is 23.1. The van der Waals surface area contributed by atoms with Crippen molar-refractivity contribution in [2.24, 2.45) is 4.99 Å². The van der Waals surface area contributed by atoms with E-state index in [2.05, 4.69) is 21.4 Å². The van der Waals surface area contributed by atoms with Gasteiger partial charge in [-0.25, -0.2) is 8.42 Å². The van der Waals surface area contributed by atoms with Crippen molar-refractivity contribution in [2.75, 3.05) is 45.9 Å². The van der Waals surface area contributed by atoms with Crippen molar-refractivity contribution in [3.05, 3.63) is 47.9 Å². The van der Waals surface area contributed by atoms with Gasteiger partial charge in [0.05, 0.1) is 12.3 Å². The SMILES string of the molecule is CCNC(=NCCc1cccc(OCC)c1)N1CCN(S(=O)(=O)Cc2ccon2)CC1. The van der Waals surface area contributed by atoms with Crippen LogP contribution in [0.5, 0.6) is 5.75 Å². The van der Waals surface area contributed by atoms with Crippen molar-refractivity contribution in [2.45, 2.75) is 26.0 Å². The van der Waals surface area contributed by atoms with E-state index in [0.29, 0.717) is 45.0 Å². The lowest BCUT2D eigenvalue weighted by Gasteiger charge is -2.35. The first-order chi connectivity index (χ1) is 15.0. The highest BCUT2D eigenvalue weighted by Gasteiger charge is 2.28. The number of piperazine rings is 1. The number of sulfonamides is 1. The molecule has 9 nitrogen and oxygen atoms in total. The van der Waals surface area contributed by atoms with Gasteiger partial charge in [0.1, 0.15) is 17.8 Å². The fraction of sp³-hybridized carbons (Fsp3) is 0.524. The molecule has 10 heteroatoms. The van der Waals surface area contributed by atoms with E-state index in [-0.39, 0.29) is 5.75 Å². The summed E-state index contributed by atoms with van der Waals surface area (Å²) in [6.45, 7) is 8.05. The van der Waals surface area contributed by atoms with E-state index < -0.39 is 10.0 Å². The average molecular weight is 450 g/mol. The van der Waals surface area contributed by atoms with Crippen LogP contribution in [0.15, 0.2) is 46.1 Å². The van der Waals surface area contributed by atoms with Crippen LogP contribution in [0.25, 0.3) is 0 Å². The fourth-order valence-electron chi connectivity index (χ4n) is 3.44. The van der Waals surface area contributed by atoms with Crippen LogP contribution in [0.4, 0.5) is 0 Å². The predicted molar refractivity (Wildman–Crippen MR) is 120 cm³/mol. The molecule has 0 amide bonds. The molecule has 2 heterocycles. The molecule has 0 unspecified atom stereocenters. The van der Waals surface area contributed by atoms with E-state index in [9.17, 15) is 8.42 Å². The van der Waals surface area contributed by atoms with Crippen molar-refractivity contribution >= 4 is 16.0 Å². The first-order valence-corrected chi connectivity index (χ1v) is 12.2. The van der Waals surface area contributed by atoms with Crippen molar-refractivity contribution in [1.82, 2.24) is 19.7 Å². The molecule has 0 atom stereocenters. The van der Waals surface area contributed by atoms with Crippen molar-refractivity contribution in [1.29, 1.82) is 0 Å². The number of ether oxygens (including phenoxy) is 1. The second kappa shape index (κ2) is 11.1. The van der Waals surface area contributed by atoms with Crippen molar-refractivity contribution in [3.8, 4) is 5.75 Å². The number of nitrogens with one attached hydrogen (secondary N) is 1. The van der Waals surface area contributed by atoms with Crippen LogP contribution >= 0.6 is 0 Å². The van der Waals surface area contributed by atoms with Gasteiger partial charge in [-0.2, -0.15) is 4.31 Å². The molecule has 31 heavy (non-hydrogen) atoms. The zero-order chi connectivity index (χ0) is 22.1. The molecule has 1 aliphatic rings. The summed E-state index contributed by atoms with van der Waals surface area (Å²) in [6.07, 6.45) is 2.19. The third-order valence-electron chi connectivity index (χ3n) is 4.96. The molecular formula is C21H31N5O4S. The summed E-state index contributed by atoms with van der Waals surface area (Å²) in [6, 6.07) is 9.65. The van der Waals surface area contributed by atoms with Gasteiger partial charge < -0.3 is 19.5 Å². The largest absolute Gasteiger partial charge is 0.494 e. The summed E-state index contributed by atoms with van der Waals surface area (Å²) >= 11 is 0. The van der Waals surface area contributed by atoms with Crippen LogP contribution in [0.1, 0.15) is 25.1 Å². The minimum Gasteiger partial charge on any atom is -0.494 e. The molecule has 0 saturated carbocycles. The van der Waals surface area contributed by atoms with Crippen LogP contribution in [0.2, 0.25) is 0 Å². The van der Waals surface area contributed by atoms with Crippen molar-refractivity contribution < 1.29 is 17.7 Å². The minimum absolute atomic E-state index is 0.140. The number of benzene rings is 1. The van der Waals surface area contributed by atoms with Gasteiger partial charge in [-0.3, -0.25) is 4.99 Å². The highest BCUT2D eigenvalue weighted by atomic mass is 32.2. The Hall–Kier alpha value is -2.59. The van der Waals surface area contributed by atoms with E-state index in [4.69, 9.17) is 14.3 Å². The Kier molecular flexibility index (Phi) is 8.30. The quantitative estimate of drug-likeness (QED) is 0.460. The van der Waals surface area contributed by atoms with E-state index in [1.54, 1.807) is 6.07 Å². The van der Waals surface area contributed by atoms with Crippen LogP contribution in [0.3, 0.4) is 0 Å². The number of aliphatic imine (C=N–C) groups is 1. The standard InChI is InChI=1S/C21H31N5O4S/c1-3-22-21(23-10-8-18-6-5-7-20(16-18)29-4-2)25-11-13-26(14-12-25)31(27,28)17-19-9-15-30-24-19/h5-7,9,15-16H,3-4,8,10-14,17H2,1-2H3,(H,22,23). The number of aromatic nitrogens is 1. The van der Waals surface area contributed by atoms with Crippen molar-refractivity contribution in [3.63, 3.8) is 0 Å². The lowest BCUT2D eigenvalue weighted by Crippen LogP contribution is -2.54. The first-order valence-electron chi connectivity index (χ1n) is 10.6. The summed E-state index contributed by atoms with van der Waals surface area (Å²) in [7, 11) is -3.42. The zero-order valence-electron chi connectivity index (χ0n) is 18.2. The number of hydrogen-bond acceptors (Lipinski definition) is 6. The second-order valence-corrected chi connectivity index (χ2v) is 9.17. The number of nitrogens with zero attached hydrogens (tertiary/aromatic N) is 4. The topological polar surface area (TPSA) is 100 Å². The second-order valence-electron chi connectivity index (χ2n) is 7.20. The van der Waals surface area contributed by atoms with Gasteiger partial charge in [-0.1, -0.05) is 17.3 Å². The maximum atomic E-state index is 12.6. The molecule has 0 aliphatic carbocycles. The lowest BCUT2D eigenvalue weighted by atomic mass is 10.1. The molecule has 2 aromatic rings. The highest BCUT2D eigenvalue weighted by molar-refractivity contribution is 7.88. The monoisotopic (exact) mass is 449 g/mol. The molecular weight excluding hydrogens is 418 g/mol. The van der Waals surface area contributed by atoms with Gasteiger partial charge >= 0.3 is 0 Å². The van der Waals surface area contributed by atoms with Gasteiger partial charge in [0.15, 0.2) is 5.96 Å². The summed E-state index contributed by atoms with van der Waals surface area (Å²) in [5, 5.41) is 7.03. The van der Waals surface area contributed by atoms with Gasteiger partial charge in [0.25, 0.3) is 0 Å². The van der Waals surface area contributed by atoms with Gasteiger partial charge in [0, 0.05) is 45.3 Å². The van der Waals surface area contributed by atoms with Crippen LogP contribution < -0.4 is 10.1 Å². The molecule has 1 saturated heterocycles. The summed E-state index contributed by atoms with van der Waals surface area (Å²) in [4.78, 5) is 6.87. The molecule has 1 aromatic carbocycles. The average Bonchev–Trinajstić information content (AvgIpc) is 3.26. The molecule has 0 bridgehead atoms. The Labute approximate surface area is 184 Å². The Bertz CT molecular complexity index is 938. The molecule has 1 fully saturated rings. The number of rotatable bonds is 9. The normalized spacial score (nSPS) is 15.8. The Morgan fingerprint density at radius 2 is 2.03 bits per heavy atom. The van der Waals surface area contributed by atoms with E-state index in [0.717, 1.165) is 24.7 Å². The van der Waals surface area contributed by atoms with Crippen LogP contribution in [-0.4, -0.2) is 74.6 Å². The predicted octanol–water partition coefficient (Wildman–Crippen LogP) is 1.73. The third kappa shape index (κ3) is 6.70. The number of hydrogen-bond donors (Lipinski definition) is 1. The van der Waals surface area contributed by atoms with Gasteiger partial charge in [-0.05, 0) is 38.0 Å². The zero-order valence-corrected chi connectivity index (χ0v) is 19.0. The molecule has 170 valence electrons. The molecule has 3 rings (SSSR count). The third-order valence-corrected chi connectivity index (χ3v) is 6.77. The summed E-state index contributed by atoms with van der Waals surface area (Å²) in [5.41, 5.74) is 1.60. The van der Waals surface area contributed by atoms with E-state index >= 15 is 0 Å². The number of guanidine groups is 1. The Morgan fingerprint density at radius 3 is 2.71 bits per heavy atom. The highest BCUT2D eigenvalue weighted by Crippen LogP contribution is 2.15. The van der Waals surface area contributed by atoms with E-state index in [1.165, 1.54) is 16.1 Å². The van der Waals surface area contributed by atoms with Gasteiger partial charge in [0.2, 0.25) is 10.0 Å². The molecule has 0 radical (unpaired) electrons. The molecule has 1 aromatic heterocycles. The summed E-state index contributed by atoms with van der Waals surface area (Å²) in [5.74, 6) is 1.55. The van der Waals surface area contributed by atoms with Gasteiger partial charge in [-0.15, -0.1) is 0 Å². The summed E-state index contributed by atoms with van der Waals surface area (Å²) < 4.78 is 37.1. The van der Waals surface area contributed by atoms with Crippen LogP contribution in [-0.2, 0) is 22.2 Å².